The van der Waals surface area contributed by atoms with Crippen molar-refractivity contribution in [3.8, 4) is 0 Å². The van der Waals surface area contributed by atoms with E-state index in [-0.39, 0.29) is 44.6 Å². The number of para-hydroxylation sites is 1. The smallest absolute Gasteiger partial charge is 0.326 e. The number of aromatic amines is 1. The number of rotatable bonds is 18. The summed E-state index contributed by atoms with van der Waals surface area (Å²) in [7, 11) is 0. The molecule has 5 amide bonds. The number of aliphatic imine (C=N–C) groups is 1. The minimum Gasteiger partial charge on any atom is -0.480 e. The lowest BCUT2D eigenvalue weighted by Gasteiger charge is -2.25. The van der Waals surface area contributed by atoms with Gasteiger partial charge < -0.3 is 54.7 Å². The number of aliphatic carboxylic acids is 1. The van der Waals surface area contributed by atoms with Crippen molar-refractivity contribution in [1.82, 2.24) is 20.9 Å². The molecule has 4 unspecified atom stereocenters. The van der Waals surface area contributed by atoms with E-state index < -0.39 is 66.1 Å². The number of carbonyl (C=O) groups is 6. The average molecular weight is 603 g/mol. The van der Waals surface area contributed by atoms with Crippen molar-refractivity contribution in [2.45, 2.75) is 62.7 Å². The zero-order valence-electron chi connectivity index (χ0n) is 23.4. The molecule has 0 fully saturated rings. The van der Waals surface area contributed by atoms with Gasteiger partial charge in [-0.1, -0.05) is 18.2 Å². The summed E-state index contributed by atoms with van der Waals surface area (Å²) in [5.74, 6) is -5.67. The average Bonchev–Trinajstić information content (AvgIpc) is 3.33. The van der Waals surface area contributed by atoms with Crippen molar-refractivity contribution in [2.24, 2.45) is 33.7 Å². The van der Waals surface area contributed by atoms with Crippen LogP contribution in [0.2, 0.25) is 0 Å². The number of hydrogen-bond acceptors (Lipinski definition) is 8. The first-order chi connectivity index (χ1) is 20.3. The lowest BCUT2D eigenvalue weighted by molar-refractivity contribution is -0.142. The lowest BCUT2D eigenvalue weighted by Crippen LogP contribution is -2.58. The quantitative estimate of drug-likeness (QED) is 0.0462. The maximum Gasteiger partial charge on any atom is 0.326 e. The summed E-state index contributed by atoms with van der Waals surface area (Å²) in [5.41, 5.74) is 28.0. The molecule has 1 aromatic carbocycles. The molecular formula is C26H38N10O7. The van der Waals surface area contributed by atoms with Gasteiger partial charge in [0.1, 0.15) is 18.1 Å². The standard InChI is InChI=1S/C26H38N10O7/c27-15(11-21(29)38)22(39)34-17(7-8-20(28)37)23(40)36-19(10-13-12-33-16-5-2-1-4-14(13)16)24(41)35-18(25(42)43)6-3-9-32-26(30)31/h1-2,4-5,12,15,17-19,33H,3,6-11,27H2,(H2,28,37)(H2,29,38)(H,34,39)(H,35,41)(H,36,40)(H,42,43)(H4,30,31,32). The van der Waals surface area contributed by atoms with Gasteiger partial charge in [-0.05, 0) is 30.9 Å². The molecule has 0 radical (unpaired) electrons. The summed E-state index contributed by atoms with van der Waals surface area (Å²) < 4.78 is 0. The molecule has 17 nitrogen and oxygen atoms in total. The Morgan fingerprint density at radius 3 is 2.09 bits per heavy atom. The maximum absolute atomic E-state index is 13.4. The maximum atomic E-state index is 13.4. The number of nitrogens with one attached hydrogen (secondary N) is 4. The highest BCUT2D eigenvalue weighted by molar-refractivity contribution is 5.96. The Labute approximate surface area is 246 Å². The largest absolute Gasteiger partial charge is 0.480 e. The van der Waals surface area contributed by atoms with E-state index in [1.165, 1.54) is 0 Å². The Morgan fingerprint density at radius 1 is 0.837 bits per heavy atom. The van der Waals surface area contributed by atoms with Gasteiger partial charge in [0, 0.05) is 36.5 Å². The van der Waals surface area contributed by atoms with E-state index >= 15 is 0 Å². The summed E-state index contributed by atoms with van der Waals surface area (Å²) in [6.45, 7) is 0.136. The molecule has 15 N–H and O–H groups in total. The number of nitrogens with two attached hydrogens (primary N) is 5. The highest BCUT2D eigenvalue weighted by atomic mass is 16.4. The summed E-state index contributed by atoms with van der Waals surface area (Å²) in [5, 5.41) is 17.8. The van der Waals surface area contributed by atoms with Crippen LogP contribution in [0.1, 0.15) is 37.7 Å². The fourth-order valence-electron chi connectivity index (χ4n) is 4.18. The van der Waals surface area contributed by atoms with E-state index in [4.69, 9.17) is 28.7 Å². The zero-order valence-corrected chi connectivity index (χ0v) is 23.4. The fraction of sp³-hybridized carbons (Fsp3) is 0.423. The van der Waals surface area contributed by atoms with Crippen molar-refractivity contribution in [1.29, 1.82) is 0 Å². The summed E-state index contributed by atoms with van der Waals surface area (Å²) in [6, 6.07) is 1.80. The predicted octanol–water partition coefficient (Wildman–Crippen LogP) is -3.23. The monoisotopic (exact) mass is 602 g/mol. The Kier molecular flexibility index (Phi) is 12.9. The Balaban J connectivity index is 2.32. The van der Waals surface area contributed by atoms with E-state index in [1.807, 2.05) is 12.1 Å². The Morgan fingerprint density at radius 2 is 1.47 bits per heavy atom. The van der Waals surface area contributed by atoms with Crippen LogP contribution < -0.4 is 44.6 Å². The van der Waals surface area contributed by atoms with Crippen molar-refractivity contribution in [3.63, 3.8) is 0 Å². The van der Waals surface area contributed by atoms with Crippen LogP contribution in [0.15, 0.2) is 35.5 Å². The Hall–Kier alpha value is -5.19. The van der Waals surface area contributed by atoms with Crippen LogP contribution >= 0.6 is 0 Å². The van der Waals surface area contributed by atoms with E-state index in [1.54, 1.807) is 18.3 Å². The highest BCUT2D eigenvalue weighted by Gasteiger charge is 2.31. The molecular weight excluding hydrogens is 564 g/mol. The summed E-state index contributed by atoms with van der Waals surface area (Å²) in [6.07, 6.45) is 0.749. The molecule has 1 aromatic heterocycles. The second-order valence-electron chi connectivity index (χ2n) is 9.82. The number of H-pyrrole nitrogens is 1. The third kappa shape index (κ3) is 11.3. The molecule has 0 aliphatic carbocycles. The molecule has 2 aromatic rings. The topological polar surface area (TPSA) is 317 Å². The van der Waals surface area contributed by atoms with Gasteiger partial charge in [0.15, 0.2) is 5.96 Å². The number of aromatic nitrogens is 1. The van der Waals surface area contributed by atoms with Crippen molar-refractivity contribution in [2.75, 3.05) is 6.54 Å². The number of hydrogen-bond donors (Lipinski definition) is 10. The Bertz CT molecular complexity index is 1350. The fourth-order valence-corrected chi connectivity index (χ4v) is 4.18. The second kappa shape index (κ2) is 16.3. The number of carboxylic acid groups (broad SMARTS) is 1. The molecule has 0 saturated heterocycles. The van der Waals surface area contributed by atoms with Crippen LogP contribution in [0.5, 0.6) is 0 Å². The number of guanidine groups is 1. The first kappa shape index (κ1) is 34.0. The number of carboxylic acids is 1. The van der Waals surface area contributed by atoms with Gasteiger partial charge >= 0.3 is 5.97 Å². The van der Waals surface area contributed by atoms with E-state index in [0.717, 1.165) is 10.9 Å². The van der Waals surface area contributed by atoms with Gasteiger partial charge in [0.05, 0.1) is 12.5 Å². The van der Waals surface area contributed by atoms with Gasteiger partial charge in [0.25, 0.3) is 0 Å². The minimum atomic E-state index is -1.38. The van der Waals surface area contributed by atoms with E-state index in [2.05, 4.69) is 25.9 Å². The number of nitrogens with zero attached hydrogens (tertiary/aromatic N) is 1. The first-order valence-corrected chi connectivity index (χ1v) is 13.3. The summed E-state index contributed by atoms with van der Waals surface area (Å²) in [4.78, 5) is 80.7. The number of fused-ring (bicyclic) bond motifs is 1. The summed E-state index contributed by atoms with van der Waals surface area (Å²) >= 11 is 0. The second-order valence-corrected chi connectivity index (χ2v) is 9.82. The SMILES string of the molecule is NC(=O)CCC(NC(=O)C(N)CC(N)=O)C(=O)NC(Cc1c[nH]c2ccccc12)C(=O)NC(CCCN=C(N)N)C(=O)O. The van der Waals surface area contributed by atoms with E-state index in [0.29, 0.717) is 5.56 Å². The van der Waals surface area contributed by atoms with Crippen LogP contribution in [0.4, 0.5) is 0 Å². The van der Waals surface area contributed by atoms with Gasteiger partial charge in [-0.15, -0.1) is 0 Å². The molecule has 43 heavy (non-hydrogen) atoms. The molecule has 0 saturated carbocycles. The molecule has 0 bridgehead atoms. The lowest BCUT2D eigenvalue weighted by atomic mass is 10.0. The van der Waals surface area contributed by atoms with Gasteiger partial charge in [-0.2, -0.15) is 0 Å². The number of primary amides is 2. The molecule has 0 spiro atoms. The van der Waals surface area contributed by atoms with Crippen molar-refractivity contribution in [3.05, 3.63) is 36.0 Å². The van der Waals surface area contributed by atoms with Gasteiger partial charge in [-0.25, -0.2) is 4.79 Å². The number of amides is 5. The number of carbonyl (C=O) groups excluding carboxylic acids is 5. The predicted molar refractivity (Wildman–Crippen MR) is 156 cm³/mol. The molecule has 0 aliphatic rings. The number of benzene rings is 1. The molecule has 4 atom stereocenters. The van der Waals surface area contributed by atoms with Crippen LogP contribution in [-0.4, -0.2) is 82.3 Å². The molecule has 17 heteroatoms. The minimum absolute atomic E-state index is 0.0132. The van der Waals surface area contributed by atoms with Gasteiger partial charge in [-0.3, -0.25) is 29.0 Å². The normalized spacial score (nSPS) is 13.6. The highest BCUT2D eigenvalue weighted by Crippen LogP contribution is 2.19. The molecule has 1 heterocycles. The third-order valence-electron chi connectivity index (χ3n) is 6.36. The van der Waals surface area contributed by atoms with Gasteiger partial charge in [0.2, 0.25) is 29.5 Å². The van der Waals surface area contributed by atoms with Crippen LogP contribution in [-0.2, 0) is 35.2 Å². The zero-order chi connectivity index (χ0) is 32.1. The molecule has 2 rings (SSSR count). The van der Waals surface area contributed by atoms with Crippen molar-refractivity contribution >= 4 is 52.4 Å². The first-order valence-electron chi connectivity index (χ1n) is 13.3. The molecule has 234 valence electrons. The third-order valence-corrected chi connectivity index (χ3v) is 6.36. The van der Waals surface area contributed by atoms with E-state index in [9.17, 15) is 33.9 Å². The van der Waals surface area contributed by atoms with Crippen LogP contribution in [0, 0.1) is 0 Å². The molecule has 0 aliphatic heterocycles. The van der Waals surface area contributed by atoms with Crippen LogP contribution in [0.3, 0.4) is 0 Å². The van der Waals surface area contributed by atoms with Crippen LogP contribution in [0.25, 0.3) is 10.9 Å². The van der Waals surface area contributed by atoms with Crippen molar-refractivity contribution < 1.29 is 33.9 Å².